The molecule has 2 N–H and O–H groups in total. The first-order valence-corrected chi connectivity index (χ1v) is 9.70. The highest BCUT2D eigenvalue weighted by molar-refractivity contribution is 5.59. The Morgan fingerprint density at radius 1 is 1.46 bits per heavy atom. The zero-order valence-corrected chi connectivity index (χ0v) is 16.0. The average molecular weight is 358 g/mol. The number of aliphatic hydroxyl groups is 1. The molecule has 4 nitrogen and oxygen atoms in total. The smallest absolute Gasteiger partial charge is 0.165 e. The van der Waals surface area contributed by atoms with Crippen LogP contribution in [0.2, 0.25) is 0 Å². The molecule has 2 bridgehead atoms. The third-order valence-corrected chi connectivity index (χ3v) is 6.50. The first-order chi connectivity index (χ1) is 12.2. The van der Waals surface area contributed by atoms with Crippen molar-refractivity contribution in [2.24, 2.45) is 5.92 Å². The first-order valence-electron chi connectivity index (χ1n) is 9.70. The molecule has 1 fully saturated rings. The summed E-state index contributed by atoms with van der Waals surface area (Å²) in [5, 5.41) is 20.7. The van der Waals surface area contributed by atoms with Gasteiger partial charge in [0, 0.05) is 18.1 Å². The molecule has 4 atom stereocenters. The van der Waals surface area contributed by atoms with Crippen molar-refractivity contribution in [1.82, 2.24) is 0 Å². The number of hydrogen-bond acceptors (Lipinski definition) is 4. The zero-order chi connectivity index (χ0) is 18.7. The number of aromatic hydroxyl groups is 1. The van der Waals surface area contributed by atoms with Gasteiger partial charge in [-0.25, -0.2) is 0 Å². The van der Waals surface area contributed by atoms with E-state index in [-0.39, 0.29) is 23.4 Å². The van der Waals surface area contributed by atoms with E-state index in [2.05, 4.69) is 12.6 Å². The van der Waals surface area contributed by atoms with Crippen molar-refractivity contribution in [2.75, 3.05) is 7.11 Å². The fourth-order valence-electron chi connectivity index (χ4n) is 5.74. The van der Waals surface area contributed by atoms with Crippen LogP contribution in [0.3, 0.4) is 0 Å². The molecule has 0 radical (unpaired) electrons. The van der Waals surface area contributed by atoms with Crippen molar-refractivity contribution in [3.05, 3.63) is 35.4 Å². The highest BCUT2D eigenvalue weighted by atomic mass is 16.5. The third kappa shape index (κ3) is 2.66. The van der Waals surface area contributed by atoms with Crippen molar-refractivity contribution in [2.45, 2.75) is 75.6 Å². The van der Waals surface area contributed by atoms with Gasteiger partial charge in [-0.15, -0.1) is 0 Å². The van der Waals surface area contributed by atoms with Crippen LogP contribution >= 0.6 is 0 Å². The van der Waals surface area contributed by atoms with Gasteiger partial charge in [-0.3, -0.25) is 0 Å². The van der Waals surface area contributed by atoms with Crippen LogP contribution in [0.25, 0.3) is 0 Å². The minimum absolute atomic E-state index is 0.117. The van der Waals surface area contributed by atoms with Gasteiger partial charge in [0.15, 0.2) is 11.5 Å². The lowest BCUT2D eigenvalue weighted by atomic mass is 9.57. The minimum Gasteiger partial charge on any atom is -0.504 e. The monoisotopic (exact) mass is 358 g/mol. The van der Waals surface area contributed by atoms with E-state index in [9.17, 15) is 10.2 Å². The molecular weight excluding hydrogens is 328 g/mol. The number of hydrogen-bond donors (Lipinski definition) is 2. The Labute approximate surface area is 155 Å². The summed E-state index contributed by atoms with van der Waals surface area (Å²) in [6, 6.07) is 3.83. The summed E-state index contributed by atoms with van der Waals surface area (Å²) in [5.41, 5.74) is 2.41. The standard InChI is InChI=1S/C22H30O4/c1-13(11-21(2,3)24)18(25-4)20-22-9-5-6-14(12-22)10-15-7-8-16(23)19(26-20)17(15)22/h7-8,14,18,20,23-24H,1,5-6,9-12H2,2-4H3/t14-,18?,20+,22+/m1/s1. The number of methoxy groups -OCH3 is 1. The van der Waals surface area contributed by atoms with Gasteiger partial charge in [-0.1, -0.05) is 25.5 Å². The van der Waals surface area contributed by atoms with E-state index in [1.807, 2.05) is 0 Å². The van der Waals surface area contributed by atoms with E-state index >= 15 is 0 Å². The van der Waals surface area contributed by atoms with Crippen molar-refractivity contribution < 1.29 is 19.7 Å². The predicted octanol–water partition coefficient (Wildman–Crippen LogP) is 3.87. The second kappa shape index (κ2) is 6.00. The van der Waals surface area contributed by atoms with Crippen LogP contribution in [0.5, 0.6) is 11.5 Å². The maximum Gasteiger partial charge on any atom is 0.165 e. The second-order valence-corrected chi connectivity index (χ2v) is 9.11. The molecular formula is C22H30O4. The van der Waals surface area contributed by atoms with E-state index in [1.54, 1.807) is 27.0 Å². The molecule has 1 aromatic carbocycles. The molecule has 142 valence electrons. The molecule has 4 rings (SSSR count). The molecule has 1 saturated carbocycles. The Kier molecular flexibility index (Phi) is 4.12. The average Bonchev–Trinajstić information content (AvgIpc) is 2.85. The normalized spacial score (nSPS) is 30.5. The highest BCUT2D eigenvalue weighted by Crippen LogP contribution is 2.61. The molecule has 26 heavy (non-hydrogen) atoms. The molecule has 0 aromatic heterocycles. The molecule has 1 heterocycles. The minimum atomic E-state index is -0.841. The summed E-state index contributed by atoms with van der Waals surface area (Å²) in [4.78, 5) is 0. The van der Waals surface area contributed by atoms with E-state index in [1.165, 1.54) is 24.0 Å². The van der Waals surface area contributed by atoms with E-state index in [0.717, 1.165) is 24.8 Å². The van der Waals surface area contributed by atoms with Gasteiger partial charge in [0.05, 0.1) is 5.60 Å². The van der Waals surface area contributed by atoms with Crippen LogP contribution in [0, 0.1) is 5.92 Å². The Hall–Kier alpha value is -1.52. The highest BCUT2D eigenvalue weighted by Gasteiger charge is 2.58. The molecule has 2 aliphatic carbocycles. The van der Waals surface area contributed by atoms with Crippen molar-refractivity contribution >= 4 is 0 Å². The maximum atomic E-state index is 10.5. The number of phenols is 1. The number of rotatable bonds is 5. The second-order valence-electron chi connectivity index (χ2n) is 9.11. The number of benzene rings is 1. The SMILES string of the molecule is C=C(CC(C)(C)O)C(OC)[C@@H]1Oc2c(O)ccc3c2[C@@]12CCC[C@H](C3)C2. The third-order valence-electron chi connectivity index (χ3n) is 6.50. The Morgan fingerprint density at radius 2 is 2.23 bits per heavy atom. The van der Waals surface area contributed by atoms with Gasteiger partial charge in [-0.2, -0.15) is 0 Å². The molecule has 0 amide bonds. The maximum absolute atomic E-state index is 10.5. The van der Waals surface area contributed by atoms with Crippen LogP contribution < -0.4 is 4.74 Å². The molecule has 3 aliphatic rings. The molecule has 1 unspecified atom stereocenters. The van der Waals surface area contributed by atoms with E-state index in [4.69, 9.17) is 9.47 Å². The van der Waals surface area contributed by atoms with Crippen molar-refractivity contribution in [3.63, 3.8) is 0 Å². The molecule has 0 saturated heterocycles. The Morgan fingerprint density at radius 3 is 2.92 bits per heavy atom. The van der Waals surface area contributed by atoms with Gasteiger partial charge >= 0.3 is 0 Å². The van der Waals surface area contributed by atoms with Crippen LogP contribution in [-0.2, 0) is 16.6 Å². The van der Waals surface area contributed by atoms with Crippen molar-refractivity contribution in [3.8, 4) is 11.5 Å². The fraction of sp³-hybridized carbons (Fsp3) is 0.636. The predicted molar refractivity (Wildman–Crippen MR) is 101 cm³/mol. The van der Waals surface area contributed by atoms with Crippen LogP contribution in [0.1, 0.15) is 57.1 Å². The van der Waals surface area contributed by atoms with Gasteiger partial charge in [0.25, 0.3) is 0 Å². The first kappa shape index (κ1) is 17.9. The summed E-state index contributed by atoms with van der Waals surface area (Å²) >= 11 is 0. The lowest BCUT2D eigenvalue weighted by molar-refractivity contribution is -0.0285. The van der Waals surface area contributed by atoms with E-state index < -0.39 is 5.60 Å². The van der Waals surface area contributed by atoms with Gasteiger partial charge in [-0.05, 0) is 62.7 Å². The summed E-state index contributed by atoms with van der Waals surface area (Å²) in [7, 11) is 1.69. The molecule has 4 heteroatoms. The molecule has 1 spiro atoms. The number of ether oxygens (including phenoxy) is 2. The summed E-state index contributed by atoms with van der Waals surface area (Å²) < 4.78 is 12.3. The van der Waals surface area contributed by atoms with E-state index in [0.29, 0.717) is 18.1 Å². The summed E-state index contributed by atoms with van der Waals surface area (Å²) in [6.45, 7) is 7.80. The number of fused-ring (bicyclic) bond motifs is 1. The molecule has 1 aromatic rings. The van der Waals surface area contributed by atoms with Crippen LogP contribution in [0.15, 0.2) is 24.3 Å². The van der Waals surface area contributed by atoms with Crippen LogP contribution in [-0.4, -0.2) is 35.1 Å². The lowest BCUT2D eigenvalue weighted by Gasteiger charge is -2.47. The Balaban J connectivity index is 1.77. The van der Waals surface area contributed by atoms with Crippen LogP contribution in [0.4, 0.5) is 0 Å². The van der Waals surface area contributed by atoms with Gasteiger partial charge in [0.1, 0.15) is 12.2 Å². The van der Waals surface area contributed by atoms with Gasteiger partial charge < -0.3 is 19.7 Å². The summed E-state index contributed by atoms with van der Waals surface area (Å²) in [5.74, 6) is 1.53. The zero-order valence-electron chi connectivity index (χ0n) is 16.0. The largest absolute Gasteiger partial charge is 0.504 e. The van der Waals surface area contributed by atoms with Crippen molar-refractivity contribution in [1.29, 1.82) is 0 Å². The Bertz CT molecular complexity index is 732. The van der Waals surface area contributed by atoms with Gasteiger partial charge in [0.2, 0.25) is 0 Å². The number of phenolic OH excluding ortho intramolecular Hbond substituents is 1. The molecule has 1 aliphatic heterocycles. The quantitative estimate of drug-likeness (QED) is 0.785. The fourth-order valence-corrected chi connectivity index (χ4v) is 5.74. The topological polar surface area (TPSA) is 58.9 Å². The summed E-state index contributed by atoms with van der Waals surface area (Å²) in [6.07, 6.45) is 5.58. The lowest BCUT2D eigenvalue weighted by Crippen LogP contribution is -2.52.